The summed E-state index contributed by atoms with van der Waals surface area (Å²) in [6, 6.07) is 18.3. The van der Waals surface area contributed by atoms with Gasteiger partial charge in [0, 0.05) is 26.1 Å². The molecule has 1 aliphatic heterocycles. The molecule has 180 valence electrons. The molecule has 1 heterocycles. The number of benzene rings is 2. The molecule has 0 bridgehead atoms. The number of carbonyl (C=O) groups is 2. The third kappa shape index (κ3) is 9.92. The maximum Gasteiger partial charge on any atom is 0.490 e. The SMILES string of the molecule is O=C(O)C(F)(F)F.O=C(O)CCN1CCOC(c2ccc(OCCc3ccccc3)cc2)C1. The van der Waals surface area contributed by atoms with Crippen LogP contribution in [0.4, 0.5) is 13.2 Å². The van der Waals surface area contributed by atoms with E-state index in [0.29, 0.717) is 19.8 Å². The summed E-state index contributed by atoms with van der Waals surface area (Å²) in [7, 11) is 0. The predicted molar refractivity (Wildman–Crippen MR) is 113 cm³/mol. The van der Waals surface area contributed by atoms with E-state index in [-0.39, 0.29) is 12.5 Å². The molecule has 33 heavy (non-hydrogen) atoms. The number of halogens is 3. The Balaban J connectivity index is 0.000000479. The molecular weight excluding hydrogens is 443 g/mol. The molecule has 1 atom stereocenters. The van der Waals surface area contributed by atoms with E-state index in [9.17, 15) is 18.0 Å². The van der Waals surface area contributed by atoms with Crippen LogP contribution >= 0.6 is 0 Å². The fourth-order valence-electron chi connectivity index (χ4n) is 3.07. The molecule has 10 heteroatoms. The quantitative estimate of drug-likeness (QED) is 0.607. The maximum absolute atomic E-state index is 10.7. The van der Waals surface area contributed by atoms with Gasteiger partial charge in [-0.1, -0.05) is 42.5 Å². The molecular formula is C23H26F3NO6. The zero-order valence-electron chi connectivity index (χ0n) is 17.8. The summed E-state index contributed by atoms with van der Waals surface area (Å²) in [5.74, 6) is -2.67. The normalized spacial score (nSPS) is 16.4. The summed E-state index contributed by atoms with van der Waals surface area (Å²) >= 11 is 0. The van der Waals surface area contributed by atoms with Gasteiger partial charge in [0.2, 0.25) is 0 Å². The standard InChI is InChI=1S/C21H25NO4.C2HF3O2/c23-21(24)10-12-22-13-15-26-20(16-22)18-6-8-19(9-7-18)25-14-11-17-4-2-1-3-5-17;3-2(4,5)1(6)7/h1-9,20H,10-16H2,(H,23,24);(H,6,7). The number of carboxylic acids is 2. The van der Waals surface area contributed by atoms with E-state index in [4.69, 9.17) is 24.5 Å². The average molecular weight is 469 g/mol. The van der Waals surface area contributed by atoms with Crippen molar-refractivity contribution in [3.05, 3.63) is 65.7 Å². The van der Waals surface area contributed by atoms with Gasteiger partial charge in [0.15, 0.2) is 0 Å². The molecule has 7 nitrogen and oxygen atoms in total. The number of nitrogens with zero attached hydrogens (tertiary/aromatic N) is 1. The first-order valence-corrected chi connectivity index (χ1v) is 10.3. The third-order valence-electron chi connectivity index (χ3n) is 4.79. The number of carboxylic acid groups (broad SMARTS) is 2. The second-order valence-electron chi connectivity index (χ2n) is 7.26. The fourth-order valence-corrected chi connectivity index (χ4v) is 3.07. The van der Waals surface area contributed by atoms with E-state index in [1.807, 2.05) is 42.5 Å². The van der Waals surface area contributed by atoms with E-state index >= 15 is 0 Å². The zero-order chi connectivity index (χ0) is 24.3. The lowest BCUT2D eigenvalue weighted by Crippen LogP contribution is -2.39. The molecule has 2 aromatic rings. The van der Waals surface area contributed by atoms with Crippen LogP contribution in [0.15, 0.2) is 54.6 Å². The first-order valence-electron chi connectivity index (χ1n) is 10.3. The van der Waals surface area contributed by atoms with Crippen molar-refractivity contribution in [3.63, 3.8) is 0 Å². The van der Waals surface area contributed by atoms with Crippen LogP contribution in [0.2, 0.25) is 0 Å². The monoisotopic (exact) mass is 469 g/mol. The summed E-state index contributed by atoms with van der Waals surface area (Å²) < 4.78 is 43.4. The summed E-state index contributed by atoms with van der Waals surface area (Å²) in [6.07, 6.45) is -4.05. The van der Waals surface area contributed by atoms with Crippen molar-refractivity contribution < 1.29 is 42.4 Å². The molecule has 0 amide bonds. The van der Waals surface area contributed by atoms with Crippen LogP contribution in [-0.2, 0) is 20.7 Å². The smallest absolute Gasteiger partial charge is 0.490 e. The molecule has 1 fully saturated rings. The molecule has 0 saturated carbocycles. The Morgan fingerprint density at radius 3 is 2.27 bits per heavy atom. The highest BCUT2D eigenvalue weighted by molar-refractivity contribution is 5.73. The van der Waals surface area contributed by atoms with Gasteiger partial charge in [-0.05, 0) is 23.3 Å². The Bertz CT molecular complexity index is 874. The van der Waals surface area contributed by atoms with Crippen molar-refractivity contribution in [1.29, 1.82) is 0 Å². The molecule has 3 rings (SSSR count). The van der Waals surface area contributed by atoms with Gasteiger partial charge in [0.25, 0.3) is 0 Å². The summed E-state index contributed by atoms with van der Waals surface area (Å²) in [4.78, 5) is 21.8. The first-order chi connectivity index (χ1) is 15.6. The number of rotatable bonds is 8. The highest BCUT2D eigenvalue weighted by atomic mass is 19.4. The van der Waals surface area contributed by atoms with Gasteiger partial charge in [-0.25, -0.2) is 4.79 Å². The summed E-state index contributed by atoms with van der Waals surface area (Å²) in [6.45, 7) is 3.34. The van der Waals surface area contributed by atoms with Crippen molar-refractivity contribution >= 4 is 11.9 Å². The predicted octanol–water partition coefficient (Wildman–Crippen LogP) is 3.79. The van der Waals surface area contributed by atoms with Gasteiger partial charge >= 0.3 is 18.1 Å². The lowest BCUT2D eigenvalue weighted by Gasteiger charge is -2.32. The highest BCUT2D eigenvalue weighted by Gasteiger charge is 2.38. The molecule has 0 aromatic heterocycles. The van der Waals surface area contributed by atoms with Crippen molar-refractivity contribution in [2.24, 2.45) is 0 Å². The number of hydrogen-bond donors (Lipinski definition) is 2. The summed E-state index contributed by atoms with van der Waals surface area (Å²) in [5.41, 5.74) is 2.36. The van der Waals surface area contributed by atoms with E-state index in [1.54, 1.807) is 0 Å². The Hall–Kier alpha value is -3.11. The molecule has 2 N–H and O–H groups in total. The molecule has 0 spiro atoms. The van der Waals surface area contributed by atoms with Crippen LogP contribution in [0.3, 0.4) is 0 Å². The van der Waals surface area contributed by atoms with Crippen LogP contribution in [0.5, 0.6) is 5.75 Å². The lowest BCUT2D eigenvalue weighted by atomic mass is 10.1. The Morgan fingerprint density at radius 1 is 1.06 bits per heavy atom. The second-order valence-corrected chi connectivity index (χ2v) is 7.26. The van der Waals surface area contributed by atoms with Crippen LogP contribution in [0.25, 0.3) is 0 Å². The Morgan fingerprint density at radius 2 is 1.70 bits per heavy atom. The Kier molecular flexibility index (Phi) is 10.1. The summed E-state index contributed by atoms with van der Waals surface area (Å²) in [5, 5.41) is 16.0. The van der Waals surface area contributed by atoms with Crippen LogP contribution in [-0.4, -0.2) is 66.1 Å². The van der Waals surface area contributed by atoms with Crippen molar-refractivity contribution in [2.75, 3.05) is 32.8 Å². The molecule has 2 aromatic carbocycles. The molecule has 0 aliphatic carbocycles. The fraction of sp³-hybridized carbons (Fsp3) is 0.391. The molecule has 1 aliphatic rings. The molecule has 1 saturated heterocycles. The number of ether oxygens (including phenoxy) is 2. The van der Waals surface area contributed by atoms with E-state index in [1.165, 1.54) is 5.56 Å². The minimum absolute atomic E-state index is 0.0177. The minimum Gasteiger partial charge on any atom is -0.493 e. The average Bonchev–Trinajstić information content (AvgIpc) is 2.79. The maximum atomic E-state index is 10.7. The van der Waals surface area contributed by atoms with Crippen molar-refractivity contribution in [2.45, 2.75) is 25.1 Å². The number of alkyl halides is 3. The number of aliphatic carboxylic acids is 2. The van der Waals surface area contributed by atoms with Gasteiger partial charge < -0.3 is 19.7 Å². The van der Waals surface area contributed by atoms with Crippen LogP contribution < -0.4 is 4.74 Å². The highest BCUT2D eigenvalue weighted by Crippen LogP contribution is 2.24. The lowest BCUT2D eigenvalue weighted by molar-refractivity contribution is -0.192. The van der Waals surface area contributed by atoms with Gasteiger partial charge in [0.1, 0.15) is 5.75 Å². The van der Waals surface area contributed by atoms with Crippen LogP contribution in [0, 0.1) is 0 Å². The van der Waals surface area contributed by atoms with Crippen molar-refractivity contribution in [3.8, 4) is 5.75 Å². The minimum atomic E-state index is -5.08. The topological polar surface area (TPSA) is 96.3 Å². The van der Waals surface area contributed by atoms with Crippen molar-refractivity contribution in [1.82, 2.24) is 4.90 Å². The molecule has 1 unspecified atom stereocenters. The Labute approximate surface area is 189 Å². The molecule has 0 radical (unpaired) electrons. The van der Waals surface area contributed by atoms with Gasteiger partial charge in [-0.15, -0.1) is 0 Å². The van der Waals surface area contributed by atoms with Crippen LogP contribution in [0.1, 0.15) is 23.7 Å². The van der Waals surface area contributed by atoms with E-state index < -0.39 is 18.1 Å². The van der Waals surface area contributed by atoms with E-state index in [2.05, 4.69) is 17.0 Å². The first kappa shape index (κ1) is 26.1. The number of morpholine rings is 1. The van der Waals surface area contributed by atoms with E-state index in [0.717, 1.165) is 30.8 Å². The largest absolute Gasteiger partial charge is 0.493 e. The second kappa shape index (κ2) is 12.8. The zero-order valence-corrected chi connectivity index (χ0v) is 17.8. The van der Waals surface area contributed by atoms with Gasteiger partial charge in [-0.2, -0.15) is 13.2 Å². The van der Waals surface area contributed by atoms with Gasteiger partial charge in [-0.3, -0.25) is 9.69 Å². The van der Waals surface area contributed by atoms with Gasteiger partial charge in [0.05, 0.1) is 25.7 Å². The third-order valence-corrected chi connectivity index (χ3v) is 4.79. The number of hydrogen-bond acceptors (Lipinski definition) is 5.